The number of thiocarbonyl (C=S) groups is 1. The van der Waals surface area contributed by atoms with Crippen LogP contribution in [0.25, 0.3) is 0 Å². The zero-order valence-corrected chi connectivity index (χ0v) is 23.9. The van der Waals surface area contributed by atoms with E-state index < -0.39 is 11.9 Å². The summed E-state index contributed by atoms with van der Waals surface area (Å²) in [5, 5.41) is 27.2. The minimum atomic E-state index is -1.15. The van der Waals surface area contributed by atoms with Crippen LogP contribution in [-0.4, -0.2) is 17.1 Å². The number of aromatic carboxylic acids is 2. The largest absolute Gasteiger partial charge is 2.00 e. The van der Waals surface area contributed by atoms with Gasteiger partial charge in [0.15, 0.2) is 5.11 Å². The monoisotopic (exact) mass is 689 g/mol. The first-order valence-electron chi connectivity index (χ1n) is 10.4. The Morgan fingerprint density at radius 3 is 1.14 bits per heavy atom. The number of halogens is 2. The maximum Gasteiger partial charge on any atom is 2.00 e. The smallest absolute Gasteiger partial charge is 0.545 e. The van der Waals surface area contributed by atoms with E-state index >= 15 is 0 Å². The predicted octanol–water partition coefficient (Wildman–Crippen LogP) is 5.12. The molecule has 4 aromatic rings. The molecular weight excluding hydrogens is 672 g/mol. The van der Waals surface area contributed by atoms with Crippen molar-refractivity contribution in [2.24, 2.45) is 0 Å². The van der Waals surface area contributed by atoms with Gasteiger partial charge in [-0.1, -0.05) is 92.5 Å². The number of anilines is 2. The van der Waals surface area contributed by atoms with Crippen LogP contribution in [0.15, 0.2) is 118 Å². The van der Waals surface area contributed by atoms with Crippen molar-refractivity contribution < 1.29 is 36.9 Å². The molecule has 4 aromatic carbocycles. The minimum Gasteiger partial charge on any atom is -0.545 e. The first-order valence-corrected chi connectivity index (χ1v) is 12.4. The number of rotatable bonds is 4. The summed E-state index contributed by atoms with van der Waals surface area (Å²) in [6.45, 7) is 0. The molecule has 0 heterocycles. The number of nitrogens with one attached hydrogen (secondary N) is 2. The molecule has 0 aliphatic heterocycles. The van der Waals surface area contributed by atoms with Crippen LogP contribution in [0.5, 0.6) is 0 Å². The Hall–Kier alpha value is -3.01. The van der Waals surface area contributed by atoms with Gasteiger partial charge in [-0.3, -0.25) is 0 Å². The first kappa shape index (κ1) is 32.0. The van der Waals surface area contributed by atoms with Gasteiger partial charge in [0, 0.05) is 20.3 Å². The number of hydrogen-bond donors (Lipinski definition) is 2. The summed E-state index contributed by atoms with van der Waals surface area (Å²) < 4.78 is 1.72. The fourth-order valence-electron chi connectivity index (χ4n) is 2.51. The van der Waals surface area contributed by atoms with Crippen LogP contribution in [0.4, 0.5) is 11.4 Å². The fourth-order valence-corrected chi connectivity index (χ4v) is 3.27. The summed E-state index contributed by atoms with van der Waals surface area (Å²) in [5.74, 6) is -2.29. The van der Waals surface area contributed by atoms with Gasteiger partial charge in [-0.15, -0.1) is 0 Å². The van der Waals surface area contributed by atoms with E-state index in [4.69, 9.17) is 12.2 Å². The Balaban J connectivity index is 0.000000287. The molecule has 6 nitrogen and oxygen atoms in total. The molecule has 193 valence electrons. The van der Waals surface area contributed by atoms with Crippen molar-refractivity contribution in [1.82, 2.24) is 0 Å². The van der Waals surface area contributed by atoms with Crippen molar-refractivity contribution in [3.8, 4) is 0 Å². The van der Waals surface area contributed by atoms with Gasteiger partial charge in [-0.2, -0.15) is 0 Å². The van der Waals surface area contributed by atoms with Gasteiger partial charge in [0.2, 0.25) is 0 Å². The Kier molecular flexibility index (Phi) is 15.1. The van der Waals surface area contributed by atoms with Crippen LogP contribution in [-0.2, 0) is 17.1 Å². The van der Waals surface area contributed by atoms with Crippen molar-refractivity contribution in [3.05, 3.63) is 129 Å². The van der Waals surface area contributed by atoms with Crippen LogP contribution in [0, 0.1) is 0 Å². The number of carbonyl (C=O) groups is 2. The van der Waals surface area contributed by atoms with Gasteiger partial charge in [0.05, 0.1) is 11.9 Å². The summed E-state index contributed by atoms with van der Waals surface area (Å²) in [5.41, 5.74) is 2.36. The van der Waals surface area contributed by atoms with E-state index in [0.29, 0.717) is 5.11 Å². The zero-order valence-electron chi connectivity index (χ0n) is 19.0. The van der Waals surface area contributed by atoms with E-state index in [9.17, 15) is 19.8 Å². The third-order valence-electron chi connectivity index (χ3n) is 4.22. The molecule has 0 saturated carbocycles. The SMILES string of the molecule is O=C([O-])c1ccc(Br)cc1.O=C([O-])c1ccc(Br)cc1.S=C(Nc1ccccc1)Nc1ccccc1.[Cu+2]. The first-order chi connectivity index (χ1) is 17.2. The summed E-state index contributed by atoms with van der Waals surface area (Å²) in [7, 11) is 0. The molecule has 0 unspecified atom stereocenters. The van der Waals surface area contributed by atoms with Crippen molar-refractivity contribution in [1.29, 1.82) is 0 Å². The Bertz CT molecular complexity index is 1160. The predicted molar refractivity (Wildman–Crippen MR) is 150 cm³/mol. The molecule has 0 spiro atoms. The van der Waals surface area contributed by atoms with Gasteiger partial charge in [0.1, 0.15) is 0 Å². The zero-order chi connectivity index (χ0) is 26.3. The summed E-state index contributed by atoms with van der Waals surface area (Å²) in [6.07, 6.45) is 0. The molecule has 0 saturated heterocycles. The Morgan fingerprint density at radius 2 is 0.865 bits per heavy atom. The Morgan fingerprint density at radius 1 is 0.568 bits per heavy atom. The molecule has 2 N–H and O–H groups in total. The van der Waals surface area contributed by atoms with Gasteiger partial charge < -0.3 is 30.4 Å². The molecule has 37 heavy (non-hydrogen) atoms. The molecule has 0 aliphatic rings. The van der Waals surface area contributed by atoms with E-state index in [1.54, 1.807) is 24.3 Å². The molecule has 0 aliphatic carbocycles. The molecule has 0 amide bonds. The summed E-state index contributed by atoms with van der Waals surface area (Å²) in [6, 6.07) is 32.3. The maximum absolute atomic E-state index is 10.2. The maximum atomic E-state index is 10.2. The second-order valence-corrected chi connectivity index (χ2v) is 9.14. The number of para-hydroxylation sites is 2. The fraction of sp³-hybridized carbons (Fsp3) is 0. The second-order valence-electron chi connectivity index (χ2n) is 6.90. The average molecular weight is 692 g/mol. The van der Waals surface area contributed by atoms with Gasteiger partial charge in [0.25, 0.3) is 0 Å². The standard InChI is InChI=1S/C13H12N2S.2C7H5BrO2.Cu/c16-13(14-11-7-3-1-4-8-11)15-12-9-5-2-6-10-12;2*8-6-3-1-5(2-4-6)7(9)10;/h1-10H,(H2,14,15,16);2*1-4H,(H,9,10);/q;;;+2/p-2. The summed E-state index contributed by atoms with van der Waals surface area (Å²) in [4.78, 5) is 20.4. The molecule has 1 radical (unpaired) electrons. The van der Waals surface area contributed by atoms with Crippen LogP contribution >= 0.6 is 44.1 Å². The second kappa shape index (κ2) is 17.4. The molecule has 0 bridgehead atoms. The van der Waals surface area contributed by atoms with Crippen LogP contribution in [0.2, 0.25) is 0 Å². The van der Waals surface area contributed by atoms with Gasteiger partial charge >= 0.3 is 17.1 Å². The van der Waals surface area contributed by atoms with Gasteiger partial charge in [-0.25, -0.2) is 0 Å². The number of carbonyl (C=O) groups excluding carboxylic acids is 2. The van der Waals surface area contributed by atoms with Crippen LogP contribution in [0.3, 0.4) is 0 Å². The van der Waals surface area contributed by atoms with Crippen molar-refractivity contribution >= 4 is 72.5 Å². The Labute approximate surface area is 247 Å². The van der Waals surface area contributed by atoms with Crippen molar-refractivity contribution in [2.75, 3.05) is 10.6 Å². The van der Waals surface area contributed by atoms with E-state index in [1.807, 2.05) is 60.7 Å². The number of carboxylic acids is 2. The molecule has 4 rings (SSSR count). The average Bonchev–Trinajstić information content (AvgIpc) is 2.86. The van der Waals surface area contributed by atoms with Crippen molar-refractivity contribution in [3.63, 3.8) is 0 Å². The van der Waals surface area contributed by atoms with Crippen molar-refractivity contribution in [2.45, 2.75) is 0 Å². The molecule has 0 atom stereocenters. The van der Waals surface area contributed by atoms with Crippen LogP contribution in [0.1, 0.15) is 20.7 Å². The van der Waals surface area contributed by atoms with Gasteiger partial charge in [-0.05, 0) is 71.9 Å². The number of carboxylic acid groups (broad SMARTS) is 2. The molecule has 0 fully saturated rings. The number of hydrogen-bond acceptors (Lipinski definition) is 5. The quantitative estimate of drug-likeness (QED) is 0.226. The van der Waals surface area contributed by atoms with E-state index in [1.165, 1.54) is 24.3 Å². The molecule has 10 heteroatoms. The number of benzene rings is 4. The third kappa shape index (κ3) is 13.2. The summed E-state index contributed by atoms with van der Waals surface area (Å²) >= 11 is 11.6. The minimum absolute atomic E-state index is 0. The normalized spacial score (nSPS) is 9.14. The van der Waals surface area contributed by atoms with E-state index in [2.05, 4.69) is 42.5 Å². The van der Waals surface area contributed by atoms with E-state index in [0.717, 1.165) is 20.3 Å². The molecule has 0 aromatic heterocycles. The molecular formula is C27H20Br2CuN2O4S. The topological polar surface area (TPSA) is 104 Å². The van der Waals surface area contributed by atoms with Crippen LogP contribution < -0.4 is 20.8 Å². The third-order valence-corrected chi connectivity index (χ3v) is 5.48. The van der Waals surface area contributed by atoms with E-state index in [-0.39, 0.29) is 28.2 Å².